The summed E-state index contributed by atoms with van der Waals surface area (Å²) in [4.78, 5) is 29.4. The Bertz CT molecular complexity index is 486. The van der Waals surface area contributed by atoms with E-state index in [0.29, 0.717) is 17.3 Å². The Hall–Kier alpha value is -1.76. The summed E-state index contributed by atoms with van der Waals surface area (Å²) in [5, 5.41) is 2.72. The van der Waals surface area contributed by atoms with E-state index < -0.39 is 0 Å². The molecule has 3 N–H and O–H groups in total. The van der Waals surface area contributed by atoms with Crippen LogP contribution in [0.3, 0.4) is 0 Å². The van der Waals surface area contributed by atoms with Crippen LogP contribution >= 0.6 is 11.8 Å². The van der Waals surface area contributed by atoms with E-state index in [1.54, 1.807) is 12.1 Å². The van der Waals surface area contributed by atoms with Gasteiger partial charge in [0, 0.05) is 13.1 Å². The Morgan fingerprint density at radius 2 is 2.00 bits per heavy atom. The highest BCUT2D eigenvalue weighted by Gasteiger charge is 2.16. The molecule has 0 aliphatic carbocycles. The molecule has 0 bridgehead atoms. The third kappa shape index (κ3) is 5.26. The van der Waals surface area contributed by atoms with Crippen LogP contribution in [0.1, 0.15) is 19.3 Å². The maximum Gasteiger partial charge on any atom is 0.234 e. The number of likely N-dealkylation sites (tertiary alicyclic amines) is 1. The van der Waals surface area contributed by atoms with Gasteiger partial charge in [0.05, 0.1) is 23.4 Å². The molecule has 21 heavy (non-hydrogen) atoms. The fourth-order valence-corrected chi connectivity index (χ4v) is 2.86. The van der Waals surface area contributed by atoms with Crippen molar-refractivity contribution in [3.8, 4) is 0 Å². The second-order valence-electron chi connectivity index (χ2n) is 4.95. The predicted molar refractivity (Wildman–Crippen MR) is 85.0 cm³/mol. The fraction of sp³-hybridized carbons (Fsp3) is 0.500. The van der Waals surface area contributed by atoms with Gasteiger partial charge in [-0.2, -0.15) is 0 Å². The van der Waals surface area contributed by atoms with Crippen LogP contribution in [-0.4, -0.2) is 46.3 Å². The van der Waals surface area contributed by atoms with Gasteiger partial charge in [-0.15, -0.1) is 11.8 Å². The van der Waals surface area contributed by atoms with Crippen molar-refractivity contribution in [2.75, 3.05) is 35.6 Å². The Labute approximate surface area is 128 Å². The largest absolute Gasteiger partial charge is 0.384 e. The van der Waals surface area contributed by atoms with Crippen LogP contribution in [-0.2, 0) is 9.59 Å². The van der Waals surface area contributed by atoms with E-state index in [0.717, 1.165) is 25.9 Å². The van der Waals surface area contributed by atoms with Gasteiger partial charge < -0.3 is 16.0 Å². The molecule has 0 unspecified atom stereocenters. The molecule has 114 valence electrons. The topological polar surface area (TPSA) is 88.3 Å². The second-order valence-corrected chi connectivity index (χ2v) is 5.94. The summed E-state index contributed by atoms with van der Waals surface area (Å²) in [5.41, 5.74) is 6.08. The van der Waals surface area contributed by atoms with Gasteiger partial charge in [-0.3, -0.25) is 9.59 Å². The summed E-state index contributed by atoms with van der Waals surface area (Å²) in [5.74, 6) is 1.01. The minimum atomic E-state index is -0.141. The van der Waals surface area contributed by atoms with Crippen LogP contribution in [0.4, 0.5) is 11.5 Å². The summed E-state index contributed by atoms with van der Waals surface area (Å²) >= 11 is 1.34. The molecule has 6 nitrogen and oxygen atoms in total. The molecule has 2 heterocycles. The van der Waals surface area contributed by atoms with E-state index in [9.17, 15) is 9.59 Å². The van der Waals surface area contributed by atoms with Crippen molar-refractivity contribution in [2.24, 2.45) is 0 Å². The smallest absolute Gasteiger partial charge is 0.234 e. The van der Waals surface area contributed by atoms with Crippen LogP contribution in [0.25, 0.3) is 0 Å². The van der Waals surface area contributed by atoms with Crippen LogP contribution in [0.5, 0.6) is 0 Å². The number of nitrogens with one attached hydrogen (secondary N) is 1. The number of carbonyl (C=O) groups is 2. The number of carbonyl (C=O) groups excluding carboxylic acids is 2. The molecule has 2 rings (SSSR count). The minimum Gasteiger partial charge on any atom is -0.384 e. The number of anilines is 2. The number of hydrogen-bond donors (Lipinski definition) is 2. The Morgan fingerprint density at radius 1 is 1.24 bits per heavy atom. The maximum absolute atomic E-state index is 11.9. The lowest BCUT2D eigenvalue weighted by molar-refractivity contribution is -0.129. The summed E-state index contributed by atoms with van der Waals surface area (Å²) in [6.07, 6.45) is 4.88. The first-order valence-electron chi connectivity index (χ1n) is 7.02. The summed E-state index contributed by atoms with van der Waals surface area (Å²) < 4.78 is 0. The van der Waals surface area contributed by atoms with Crippen molar-refractivity contribution < 1.29 is 9.59 Å². The lowest BCUT2D eigenvalue weighted by Gasteiger charge is -2.26. The van der Waals surface area contributed by atoms with Crippen molar-refractivity contribution in [2.45, 2.75) is 19.3 Å². The zero-order valence-corrected chi connectivity index (χ0v) is 12.7. The van der Waals surface area contributed by atoms with E-state index in [2.05, 4.69) is 10.3 Å². The second kappa shape index (κ2) is 7.87. The first-order chi connectivity index (χ1) is 10.1. The highest BCUT2D eigenvalue weighted by Crippen LogP contribution is 2.12. The summed E-state index contributed by atoms with van der Waals surface area (Å²) in [6, 6.07) is 3.33. The first-order valence-corrected chi connectivity index (χ1v) is 8.17. The molecule has 1 saturated heterocycles. The highest BCUT2D eigenvalue weighted by atomic mass is 32.2. The molecular formula is C14H20N4O2S. The average Bonchev–Trinajstić information content (AvgIpc) is 2.50. The van der Waals surface area contributed by atoms with E-state index in [1.807, 2.05) is 4.90 Å². The molecule has 2 amide bonds. The van der Waals surface area contributed by atoms with Crippen LogP contribution in [0, 0.1) is 0 Å². The van der Waals surface area contributed by atoms with Crippen LogP contribution in [0.2, 0.25) is 0 Å². The number of rotatable bonds is 5. The van der Waals surface area contributed by atoms with Gasteiger partial charge in [-0.1, -0.05) is 0 Å². The van der Waals surface area contributed by atoms with Crippen LogP contribution in [0.15, 0.2) is 18.3 Å². The van der Waals surface area contributed by atoms with Crippen molar-refractivity contribution in [1.29, 1.82) is 0 Å². The molecule has 1 aromatic rings. The molecule has 1 aliphatic heterocycles. The van der Waals surface area contributed by atoms with Crippen molar-refractivity contribution in [1.82, 2.24) is 9.88 Å². The van der Waals surface area contributed by atoms with Crippen LogP contribution < -0.4 is 11.1 Å². The van der Waals surface area contributed by atoms with Crippen molar-refractivity contribution >= 4 is 35.1 Å². The molecule has 0 aromatic carbocycles. The van der Waals surface area contributed by atoms with Gasteiger partial charge in [0.15, 0.2) is 0 Å². The summed E-state index contributed by atoms with van der Waals surface area (Å²) in [6.45, 7) is 1.70. The number of nitrogens with two attached hydrogens (primary N) is 1. The molecule has 1 aliphatic rings. The van der Waals surface area contributed by atoms with Gasteiger partial charge in [-0.05, 0) is 31.4 Å². The van der Waals surface area contributed by atoms with Gasteiger partial charge in [0.2, 0.25) is 11.8 Å². The lowest BCUT2D eigenvalue weighted by atomic mass is 10.1. The van der Waals surface area contributed by atoms with Gasteiger partial charge in [-0.25, -0.2) is 4.98 Å². The third-order valence-electron chi connectivity index (χ3n) is 3.24. The van der Waals surface area contributed by atoms with E-state index >= 15 is 0 Å². The quantitative estimate of drug-likeness (QED) is 0.857. The minimum absolute atomic E-state index is 0.127. The molecule has 0 saturated carbocycles. The number of aromatic nitrogens is 1. The van der Waals surface area contributed by atoms with E-state index in [4.69, 9.17) is 5.73 Å². The number of nitrogens with zero attached hydrogens (tertiary/aromatic N) is 2. The molecule has 1 aromatic heterocycles. The molecule has 0 spiro atoms. The molecular weight excluding hydrogens is 288 g/mol. The number of hydrogen-bond acceptors (Lipinski definition) is 5. The molecule has 0 radical (unpaired) electrons. The predicted octanol–water partition coefficient (Wildman–Crippen LogP) is 1.35. The Balaban J connectivity index is 1.66. The van der Waals surface area contributed by atoms with Gasteiger partial charge in [0.1, 0.15) is 5.82 Å². The third-order valence-corrected chi connectivity index (χ3v) is 4.15. The van der Waals surface area contributed by atoms with Gasteiger partial charge in [0.25, 0.3) is 0 Å². The monoisotopic (exact) mass is 308 g/mol. The lowest BCUT2D eigenvalue weighted by Crippen LogP contribution is -2.37. The SMILES string of the molecule is Nc1ccc(NC(=O)CSCC(=O)N2CCCCC2)cn1. The molecule has 1 fully saturated rings. The maximum atomic E-state index is 11.9. The fourth-order valence-electron chi connectivity index (χ4n) is 2.14. The standard InChI is InChI=1S/C14H20N4O2S/c15-12-5-4-11(8-16-12)17-13(19)9-21-10-14(20)18-6-2-1-3-7-18/h4-5,8H,1-3,6-7,9-10H2,(H2,15,16)(H,17,19). The zero-order valence-electron chi connectivity index (χ0n) is 11.9. The number of piperidine rings is 1. The normalized spacial score (nSPS) is 14.8. The number of nitrogen functional groups attached to an aromatic ring is 1. The summed E-state index contributed by atoms with van der Waals surface area (Å²) in [7, 11) is 0. The Kier molecular flexibility index (Phi) is 5.86. The molecule has 7 heteroatoms. The average molecular weight is 308 g/mol. The van der Waals surface area contributed by atoms with Crippen molar-refractivity contribution in [3.05, 3.63) is 18.3 Å². The number of pyridine rings is 1. The van der Waals surface area contributed by atoms with Gasteiger partial charge >= 0.3 is 0 Å². The highest BCUT2D eigenvalue weighted by molar-refractivity contribution is 8.00. The Morgan fingerprint density at radius 3 is 2.67 bits per heavy atom. The molecule has 0 atom stereocenters. The van der Waals surface area contributed by atoms with E-state index in [-0.39, 0.29) is 17.6 Å². The zero-order chi connectivity index (χ0) is 15.1. The number of thioether (sulfide) groups is 1. The first kappa shape index (κ1) is 15.6. The number of amides is 2. The van der Waals surface area contributed by atoms with E-state index in [1.165, 1.54) is 24.4 Å². The van der Waals surface area contributed by atoms with Crippen molar-refractivity contribution in [3.63, 3.8) is 0 Å².